The van der Waals surface area contributed by atoms with Crippen molar-refractivity contribution in [1.29, 1.82) is 0 Å². The zero-order valence-electron chi connectivity index (χ0n) is 13.2. The zero-order valence-corrected chi connectivity index (χ0v) is 13.2. The highest BCUT2D eigenvalue weighted by atomic mass is 16.5. The van der Waals surface area contributed by atoms with E-state index in [0.717, 1.165) is 24.1 Å². The fourth-order valence-electron chi connectivity index (χ4n) is 2.91. The maximum atomic E-state index is 11.7. The van der Waals surface area contributed by atoms with E-state index >= 15 is 0 Å². The number of benzene rings is 2. The molecule has 5 heteroatoms. The van der Waals surface area contributed by atoms with Crippen LogP contribution in [0.3, 0.4) is 0 Å². The van der Waals surface area contributed by atoms with Crippen molar-refractivity contribution in [2.24, 2.45) is 0 Å². The number of likely N-dealkylation sites (tertiary alicyclic amines) is 1. The fourth-order valence-corrected chi connectivity index (χ4v) is 2.91. The van der Waals surface area contributed by atoms with Gasteiger partial charge in [0.1, 0.15) is 0 Å². The van der Waals surface area contributed by atoms with Gasteiger partial charge in [0.2, 0.25) is 17.6 Å². The molecule has 5 nitrogen and oxygen atoms in total. The molecule has 0 aliphatic carbocycles. The summed E-state index contributed by atoms with van der Waals surface area (Å²) in [6.45, 7) is 1.16. The van der Waals surface area contributed by atoms with Gasteiger partial charge in [0.25, 0.3) is 0 Å². The molecule has 1 aromatic heterocycles. The molecule has 0 spiro atoms. The van der Waals surface area contributed by atoms with E-state index in [-0.39, 0.29) is 5.91 Å². The number of hydrogen-bond acceptors (Lipinski definition) is 4. The molecular weight excluding hydrogens is 302 g/mol. The molecule has 4 rings (SSSR count). The molecule has 3 aromatic rings. The van der Waals surface area contributed by atoms with E-state index in [0.29, 0.717) is 24.7 Å². The van der Waals surface area contributed by atoms with Gasteiger partial charge in [0.05, 0.1) is 6.54 Å². The van der Waals surface area contributed by atoms with Gasteiger partial charge in [0.15, 0.2) is 0 Å². The summed E-state index contributed by atoms with van der Waals surface area (Å²) < 4.78 is 5.29. The van der Waals surface area contributed by atoms with Gasteiger partial charge < -0.3 is 9.42 Å². The third-order valence-corrected chi connectivity index (χ3v) is 4.22. The van der Waals surface area contributed by atoms with Crippen molar-refractivity contribution in [3.05, 3.63) is 60.5 Å². The Morgan fingerprint density at radius 2 is 1.67 bits per heavy atom. The summed E-state index contributed by atoms with van der Waals surface area (Å²) in [6, 6.07) is 18.3. The summed E-state index contributed by atoms with van der Waals surface area (Å²) in [5.41, 5.74) is 3.22. The van der Waals surface area contributed by atoms with E-state index < -0.39 is 0 Å². The van der Waals surface area contributed by atoms with Crippen LogP contribution in [0, 0.1) is 0 Å². The monoisotopic (exact) mass is 319 g/mol. The second-order valence-corrected chi connectivity index (χ2v) is 5.87. The van der Waals surface area contributed by atoms with Crippen LogP contribution in [-0.4, -0.2) is 27.5 Å². The Bertz CT molecular complexity index is 841. The lowest BCUT2D eigenvalue weighted by atomic mass is 10.0. The maximum Gasteiger partial charge on any atom is 0.246 e. The fraction of sp³-hybridized carbons (Fsp3) is 0.211. The predicted molar refractivity (Wildman–Crippen MR) is 89.8 cm³/mol. The van der Waals surface area contributed by atoms with E-state index in [4.69, 9.17) is 4.52 Å². The molecule has 1 aliphatic heterocycles. The Balaban J connectivity index is 1.51. The van der Waals surface area contributed by atoms with Gasteiger partial charge in [-0.05, 0) is 17.5 Å². The number of carbonyl (C=O) groups excluding carboxylic acids is 1. The minimum atomic E-state index is 0.155. The molecule has 1 fully saturated rings. The van der Waals surface area contributed by atoms with Crippen LogP contribution in [0.5, 0.6) is 0 Å². The van der Waals surface area contributed by atoms with Crippen LogP contribution >= 0.6 is 0 Å². The molecule has 24 heavy (non-hydrogen) atoms. The Labute approximate surface area is 139 Å². The van der Waals surface area contributed by atoms with Crippen molar-refractivity contribution >= 4 is 5.91 Å². The van der Waals surface area contributed by atoms with Gasteiger partial charge in [-0.15, -0.1) is 0 Å². The van der Waals surface area contributed by atoms with Crippen molar-refractivity contribution in [3.8, 4) is 22.5 Å². The molecule has 1 amide bonds. The molecular formula is C19H17N3O2. The van der Waals surface area contributed by atoms with Crippen LogP contribution in [0.25, 0.3) is 22.5 Å². The SMILES string of the molecule is O=C1CCCN1Cc1nc(-c2ccc(-c3ccccc3)cc2)no1. The average Bonchev–Trinajstić information content (AvgIpc) is 3.26. The largest absolute Gasteiger partial charge is 0.337 e. The van der Waals surface area contributed by atoms with E-state index in [2.05, 4.69) is 22.3 Å². The smallest absolute Gasteiger partial charge is 0.246 e. The molecule has 0 bridgehead atoms. The highest BCUT2D eigenvalue weighted by Gasteiger charge is 2.22. The van der Waals surface area contributed by atoms with E-state index in [9.17, 15) is 4.79 Å². The molecule has 0 unspecified atom stereocenters. The van der Waals surface area contributed by atoms with Gasteiger partial charge in [-0.2, -0.15) is 4.98 Å². The molecule has 2 heterocycles. The quantitative estimate of drug-likeness (QED) is 0.738. The summed E-state index contributed by atoms with van der Waals surface area (Å²) in [5, 5.41) is 4.03. The van der Waals surface area contributed by atoms with Crippen LogP contribution in [-0.2, 0) is 11.3 Å². The highest BCUT2D eigenvalue weighted by molar-refractivity contribution is 5.77. The van der Waals surface area contributed by atoms with E-state index in [1.165, 1.54) is 5.56 Å². The van der Waals surface area contributed by atoms with Gasteiger partial charge in [-0.25, -0.2) is 0 Å². The maximum absolute atomic E-state index is 11.7. The standard InChI is InChI=1S/C19H17N3O2/c23-18-7-4-12-22(18)13-17-20-19(21-24-17)16-10-8-15(9-11-16)14-5-2-1-3-6-14/h1-3,5-6,8-11H,4,7,12-13H2. The Hall–Kier alpha value is -2.95. The van der Waals surface area contributed by atoms with Crippen molar-refractivity contribution in [2.45, 2.75) is 19.4 Å². The van der Waals surface area contributed by atoms with Gasteiger partial charge in [-0.1, -0.05) is 59.8 Å². The number of nitrogens with zero attached hydrogens (tertiary/aromatic N) is 3. The van der Waals surface area contributed by atoms with Crippen LogP contribution in [0.4, 0.5) is 0 Å². The van der Waals surface area contributed by atoms with Crippen LogP contribution in [0.2, 0.25) is 0 Å². The molecule has 0 saturated carbocycles. The average molecular weight is 319 g/mol. The van der Waals surface area contributed by atoms with Gasteiger partial charge in [0, 0.05) is 18.5 Å². The summed E-state index contributed by atoms with van der Waals surface area (Å²) in [4.78, 5) is 17.8. The van der Waals surface area contributed by atoms with Gasteiger partial charge in [-0.3, -0.25) is 4.79 Å². The summed E-state index contributed by atoms with van der Waals surface area (Å²) >= 11 is 0. The highest BCUT2D eigenvalue weighted by Crippen LogP contribution is 2.23. The second-order valence-electron chi connectivity index (χ2n) is 5.87. The lowest BCUT2D eigenvalue weighted by Crippen LogP contribution is -2.23. The third-order valence-electron chi connectivity index (χ3n) is 4.22. The number of carbonyl (C=O) groups is 1. The summed E-state index contributed by atoms with van der Waals surface area (Å²) in [6.07, 6.45) is 1.52. The Kier molecular flexibility index (Phi) is 3.83. The number of amides is 1. The summed E-state index contributed by atoms with van der Waals surface area (Å²) in [5.74, 6) is 1.19. The van der Waals surface area contributed by atoms with Crippen molar-refractivity contribution in [1.82, 2.24) is 15.0 Å². The molecule has 2 aromatic carbocycles. The summed E-state index contributed by atoms with van der Waals surface area (Å²) in [7, 11) is 0. The van der Waals surface area contributed by atoms with E-state index in [1.807, 2.05) is 42.5 Å². The minimum Gasteiger partial charge on any atom is -0.337 e. The number of hydrogen-bond donors (Lipinski definition) is 0. The first-order valence-electron chi connectivity index (χ1n) is 8.06. The Morgan fingerprint density at radius 3 is 2.38 bits per heavy atom. The molecule has 1 saturated heterocycles. The second kappa shape index (κ2) is 6.28. The number of aromatic nitrogens is 2. The van der Waals surface area contributed by atoms with E-state index in [1.54, 1.807) is 4.90 Å². The minimum absolute atomic E-state index is 0.155. The van der Waals surface area contributed by atoms with Crippen molar-refractivity contribution < 1.29 is 9.32 Å². The predicted octanol–water partition coefficient (Wildman–Crippen LogP) is 3.53. The molecule has 0 atom stereocenters. The topological polar surface area (TPSA) is 59.2 Å². The Morgan fingerprint density at radius 1 is 0.958 bits per heavy atom. The first kappa shape index (κ1) is 14.6. The normalized spacial score (nSPS) is 14.3. The van der Waals surface area contributed by atoms with Crippen molar-refractivity contribution in [3.63, 3.8) is 0 Å². The first-order valence-corrected chi connectivity index (χ1v) is 8.06. The molecule has 0 N–H and O–H groups in total. The van der Waals surface area contributed by atoms with Crippen molar-refractivity contribution in [2.75, 3.05) is 6.54 Å². The zero-order chi connectivity index (χ0) is 16.4. The van der Waals surface area contributed by atoms with Gasteiger partial charge >= 0.3 is 0 Å². The third kappa shape index (κ3) is 2.93. The molecule has 1 aliphatic rings. The molecule has 0 radical (unpaired) electrons. The lowest BCUT2D eigenvalue weighted by molar-refractivity contribution is -0.128. The van der Waals surface area contributed by atoms with Crippen LogP contribution < -0.4 is 0 Å². The van der Waals surface area contributed by atoms with Crippen LogP contribution in [0.15, 0.2) is 59.1 Å². The number of rotatable bonds is 4. The van der Waals surface area contributed by atoms with Crippen LogP contribution in [0.1, 0.15) is 18.7 Å². The lowest BCUT2D eigenvalue weighted by Gasteiger charge is -2.11. The molecule has 120 valence electrons. The first-order chi connectivity index (χ1) is 11.8.